The second-order valence-electron chi connectivity index (χ2n) is 6.26. The molecule has 3 aromatic rings. The molecule has 0 bridgehead atoms. The minimum atomic E-state index is -0.298. The normalized spacial score (nSPS) is 13.5. The quantitative estimate of drug-likeness (QED) is 0.520. The van der Waals surface area contributed by atoms with Crippen LogP contribution >= 0.6 is 11.8 Å². The number of benzene rings is 1. The molecule has 7 heteroatoms. The zero-order chi connectivity index (χ0) is 18.7. The van der Waals surface area contributed by atoms with E-state index in [0.717, 1.165) is 28.2 Å². The zero-order valence-electron chi connectivity index (χ0n) is 15.4. The molecule has 0 radical (unpaired) electrons. The minimum Gasteiger partial charge on any atom is -0.310 e. The Balaban J connectivity index is 1.78. The summed E-state index contributed by atoms with van der Waals surface area (Å²) in [6.07, 6.45) is 2.65. The van der Waals surface area contributed by atoms with Gasteiger partial charge in [-0.2, -0.15) is 5.10 Å². The molecule has 136 valence electrons. The van der Waals surface area contributed by atoms with Crippen molar-refractivity contribution < 1.29 is 4.79 Å². The molecule has 0 aliphatic rings. The largest absolute Gasteiger partial charge is 0.310 e. The molecule has 0 saturated carbocycles. The highest BCUT2D eigenvalue weighted by atomic mass is 32.2. The number of anilines is 1. The molecule has 2 aromatic heterocycles. The Hall–Kier alpha value is -2.41. The molecule has 1 aromatic carbocycles. The second kappa shape index (κ2) is 7.86. The highest BCUT2D eigenvalue weighted by molar-refractivity contribution is 8.00. The predicted molar refractivity (Wildman–Crippen MR) is 105 cm³/mol. The van der Waals surface area contributed by atoms with Gasteiger partial charge in [0.25, 0.3) is 0 Å². The van der Waals surface area contributed by atoms with Gasteiger partial charge in [0.05, 0.1) is 23.0 Å². The van der Waals surface area contributed by atoms with Gasteiger partial charge in [0.1, 0.15) is 16.7 Å². The van der Waals surface area contributed by atoms with Crippen LogP contribution < -0.4 is 5.32 Å². The van der Waals surface area contributed by atoms with E-state index in [1.54, 1.807) is 6.20 Å². The molecule has 0 aliphatic heterocycles. The molecule has 2 heterocycles. The van der Waals surface area contributed by atoms with Gasteiger partial charge in [-0.1, -0.05) is 36.9 Å². The van der Waals surface area contributed by atoms with Gasteiger partial charge < -0.3 is 5.32 Å². The van der Waals surface area contributed by atoms with Crippen LogP contribution in [0.25, 0.3) is 10.9 Å². The smallest absolute Gasteiger partial charge is 0.238 e. The molecular weight excluding hydrogens is 346 g/mol. The van der Waals surface area contributed by atoms with E-state index in [-0.39, 0.29) is 17.2 Å². The first-order valence-corrected chi connectivity index (χ1v) is 9.62. The van der Waals surface area contributed by atoms with E-state index in [1.807, 2.05) is 48.9 Å². The van der Waals surface area contributed by atoms with Gasteiger partial charge in [-0.05, 0) is 33.3 Å². The van der Waals surface area contributed by atoms with Crippen LogP contribution in [0, 0.1) is 6.92 Å². The summed E-state index contributed by atoms with van der Waals surface area (Å²) in [5.41, 5.74) is 0.893. The molecular formula is C19H23N5OS. The number of rotatable bonds is 6. The molecule has 1 amide bonds. The maximum atomic E-state index is 12.7. The summed E-state index contributed by atoms with van der Waals surface area (Å²) in [6.45, 7) is 7.93. The highest BCUT2D eigenvalue weighted by Crippen LogP contribution is 2.29. The molecule has 3 rings (SSSR count). The van der Waals surface area contributed by atoms with Crippen LogP contribution in [0.15, 0.2) is 41.6 Å². The van der Waals surface area contributed by atoms with Crippen LogP contribution in [0.5, 0.6) is 0 Å². The number of nitrogens with zero attached hydrogens (tertiary/aromatic N) is 4. The topological polar surface area (TPSA) is 72.7 Å². The van der Waals surface area contributed by atoms with E-state index in [9.17, 15) is 4.79 Å². The van der Waals surface area contributed by atoms with Crippen LogP contribution in [0.4, 0.5) is 5.82 Å². The zero-order valence-corrected chi connectivity index (χ0v) is 16.2. The van der Waals surface area contributed by atoms with Gasteiger partial charge in [0.2, 0.25) is 5.91 Å². The maximum absolute atomic E-state index is 12.7. The Labute approximate surface area is 157 Å². The van der Waals surface area contributed by atoms with Crippen molar-refractivity contribution in [3.63, 3.8) is 0 Å². The number of carbonyl (C=O) groups excluding carboxylic acids is 1. The number of hydrogen-bond acceptors (Lipinski definition) is 5. The van der Waals surface area contributed by atoms with E-state index < -0.39 is 0 Å². The summed E-state index contributed by atoms with van der Waals surface area (Å²) in [4.78, 5) is 21.7. The fraction of sp³-hybridized carbons (Fsp3) is 0.368. The third kappa shape index (κ3) is 3.88. The third-order valence-corrected chi connectivity index (χ3v) is 5.37. The summed E-state index contributed by atoms with van der Waals surface area (Å²) < 4.78 is 1.85. The SMILES string of the molecule is CC[C@@H](C)n1nccc1NC(=O)[C@H](C)Sc1nc(C)nc2ccccc12. The molecule has 26 heavy (non-hydrogen) atoms. The van der Waals surface area contributed by atoms with E-state index in [2.05, 4.69) is 34.2 Å². The van der Waals surface area contributed by atoms with Crippen molar-refractivity contribution in [1.29, 1.82) is 0 Å². The lowest BCUT2D eigenvalue weighted by molar-refractivity contribution is -0.115. The van der Waals surface area contributed by atoms with Crippen molar-refractivity contribution in [1.82, 2.24) is 19.7 Å². The molecule has 0 unspecified atom stereocenters. The van der Waals surface area contributed by atoms with E-state index in [0.29, 0.717) is 5.82 Å². The monoisotopic (exact) mass is 369 g/mol. The predicted octanol–water partition coefficient (Wildman–Crippen LogP) is 4.23. The van der Waals surface area contributed by atoms with E-state index >= 15 is 0 Å². The molecule has 6 nitrogen and oxygen atoms in total. The van der Waals surface area contributed by atoms with Crippen molar-refractivity contribution in [2.24, 2.45) is 0 Å². The van der Waals surface area contributed by atoms with Crippen LogP contribution in [0.2, 0.25) is 0 Å². The fourth-order valence-electron chi connectivity index (χ4n) is 2.63. The number of para-hydroxylation sites is 1. The summed E-state index contributed by atoms with van der Waals surface area (Å²) in [7, 11) is 0. The number of thioether (sulfide) groups is 1. The lowest BCUT2D eigenvalue weighted by Crippen LogP contribution is -2.25. The van der Waals surface area contributed by atoms with Crippen LogP contribution in [-0.4, -0.2) is 30.9 Å². The molecule has 0 saturated heterocycles. The number of hydrogen-bond donors (Lipinski definition) is 1. The molecule has 0 spiro atoms. The number of amides is 1. The average Bonchev–Trinajstić information content (AvgIpc) is 3.08. The van der Waals surface area contributed by atoms with Crippen molar-refractivity contribution >= 4 is 34.4 Å². The first-order chi connectivity index (χ1) is 12.5. The van der Waals surface area contributed by atoms with Crippen LogP contribution in [0.3, 0.4) is 0 Å². The van der Waals surface area contributed by atoms with Crippen molar-refractivity contribution in [2.75, 3.05) is 5.32 Å². The number of carbonyl (C=O) groups is 1. The third-order valence-electron chi connectivity index (χ3n) is 4.27. The molecule has 1 N–H and O–H groups in total. The first-order valence-electron chi connectivity index (χ1n) is 8.74. The number of aryl methyl sites for hydroxylation is 1. The van der Waals surface area contributed by atoms with Gasteiger partial charge in [0.15, 0.2) is 0 Å². The van der Waals surface area contributed by atoms with Gasteiger partial charge in [-0.25, -0.2) is 14.6 Å². The number of aromatic nitrogens is 4. The van der Waals surface area contributed by atoms with Crippen molar-refractivity contribution in [2.45, 2.75) is 50.4 Å². The fourth-order valence-corrected chi connectivity index (χ4v) is 3.62. The standard InChI is InChI=1S/C19H23N5OS/c1-5-12(2)24-17(10-11-20-24)23-18(25)13(3)26-19-15-8-6-7-9-16(15)21-14(4)22-19/h6-13H,5H2,1-4H3,(H,23,25)/t12-,13+/m1/s1. The van der Waals surface area contributed by atoms with Gasteiger partial charge in [-0.3, -0.25) is 4.79 Å². The highest BCUT2D eigenvalue weighted by Gasteiger charge is 2.19. The van der Waals surface area contributed by atoms with Gasteiger partial charge in [-0.15, -0.1) is 0 Å². The first kappa shape index (κ1) is 18.4. The van der Waals surface area contributed by atoms with Crippen molar-refractivity contribution in [3.05, 3.63) is 42.4 Å². The summed E-state index contributed by atoms with van der Waals surface area (Å²) in [6, 6.07) is 9.92. The molecule has 2 atom stereocenters. The Morgan fingerprint density at radius 3 is 2.77 bits per heavy atom. The van der Waals surface area contributed by atoms with Crippen LogP contribution in [0.1, 0.15) is 39.1 Å². The van der Waals surface area contributed by atoms with Gasteiger partial charge >= 0.3 is 0 Å². The second-order valence-corrected chi connectivity index (χ2v) is 7.59. The number of nitrogens with one attached hydrogen (secondary N) is 1. The summed E-state index contributed by atoms with van der Waals surface area (Å²) in [5, 5.41) is 8.79. The Bertz CT molecular complexity index is 923. The minimum absolute atomic E-state index is 0.0691. The van der Waals surface area contributed by atoms with Crippen molar-refractivity contribution in [3.8, 4) is 0 Å². The van der Waals surface area contributed by atoms with Gasteiger partial charge in [0, 0.05) is 11.5 Å². The lowest BCUT2D eigenvalue weighted by Gasteiger charge is -2.16. The lowest BCUT2D eigenvalue weighted by atomic mass is 10.2. The molecule has 0 aliphatic carbocycles. The Kier molecular flexibility index (Phi) is 5.56. The number of fused-ring (bicyclic) bond motifs is 1. The summed E-state index contributed by atoms with van der Waals surface area (Å²) >= 11 is 1.44. The maximum Gasteiger partial charge on any atom is 0.238 e. The Morgan fingerprint density at radius 2 is 2.00 bits per heavy atom. The Morgan fingerprint density at radius 1 is 1.23 bits per heavy atom. The summed E-state index contributed by atoms with van der Waals surface area (Å²) in [5.74, 6) is 1.36. The van der Waals surface area contributed by atoms with E-state index in [1.165, 1.54) is 11.8 Å². The molecule has 0 fully saturated rings. The van der Waals surface area contributed by atoms with E-state index in [4.69, 9.17) is 0 Å². The van der Waals surface area contributed by atoms with Crippen LogP contribution in [-0.2, 0) is 4.79 Å². The average molecular weight is 369 g/mol.